The van der Waals surface area contributed by atoms with E-state index >= 15 is 0 Å². The molecule has 13 heavy (non-hydrogen) atoms. The highest BCUT2D eigenvalue weighted by atomic mass is 127. The molecule has 0 aliphatic carbocycles. The van der Waals surface area contributed by atoms with Crippen molar-refractivity contribution in [3.8, 4) is 5.75 Å². The first-order chi connectivity index (χ1) is 6.13. The lowest BCUT2D eigenvalue weighted by molar-refractivity contribution is -0.134. The highest BCUT2D eigenvalue weighted by molar-refractivity contribution is 14.1. The largest absolute Gasteiger partial charge is 0.423 e. The van der Waals surface area contributed by atoms with Crippen LogP contribution in [0.5, 0.6) is 5.75 Å². The summed E-state index contributed by atoms with van der Waals surface area (Å²) in [4.78, 5) is 10.8. The summed E-state index contributed by atoms with van der Waals surface area (Å²) >= 11 is 1.98. The smallest absolute Gasteiger partial charge is 0.310 e. The summed E-state index contributed by atoms with van der Waals surface area (Å²) in [5.41, 5.74) is 0. The number of rotatable bonds is 2. The quantitative estimate of drug-likeness (QED) is 0.476. The zero-order valence-electron chi connectivity index (χ0n) is 7.01. The second-order valence-corrected chi connectivity index (χ2v) is 3.65. The average molecular weight is 294 g/mol. The third-order valence-corrected chi connectivity index (χ3v) is 2.08. The van der Waals surface area contributed by atoms with Gasteiger partial charge in [-0.2, -0.15) is 0 Å². The first-order valence-electron chi connectivity index (χ1n) is 3.79. The van der Waals surface area contributed by atoms with Crippen molar-refractivity contribution in [2.24, 2.45) is 0 Å². The first-order valence-corrected chi connectivity index (χ1v) is 4.87. The number of hydrogen-bond acceptors (Lipinski definition) is 2. The fraction of sp³-hybridized carbons (Fsp3) is 0.222. The van der Waals surface area contributed by atoms with Gasteiger partial charge in [0.25, 0.3) is 0 Å². The summed E-state index contributed by atoms with van der Waals surface area (Å²) in [6.45, 7) is 1.66. The summed E-state index contributed by atoms with van der Waals surface area (Å²) < 4.78 is 18.6. The zero-order valence-corrected chi connectivity index (χ0v) is 9.17. The van der Waals surface area contributed by atoms with Crippen LogP contribution in [0.15, 0.2) is 18.2 Å². The predicted molar refractivity (Wildman–Crippen MR) is 55.0 cm³/mol. The van der Waals surface area contributed by atoms with Crippen LogP contribution in [-0.4, -0.2) is 5.97 Å². The van der Waals surface area contributed by atoms with E-state index in [4.69, 9.17) is 4.74 Å². The molecule has 0 atom stereocenters. The van der Waals surface area contributed by atoms with Crippen molar-refractivity contribution in [1.29, 1.82) is 0 Å². The number of carbonyl (C=O) groups excluding carboxylic acids is 1. The Balaban J connectivity index is 2.83. The molecule has 0 aromatic heterocycles. The lowest BCUT2D eigenvalue weighted by Gasteiger charge is -2.03. The summed E-state index contributed by atoms with van der Waals surface area (Å²) in [6.07, 6.45) is 0.241. The normalized spacial score (nSPS) is 9.77. The van der Waals surface area contributed by atoms with Gasteiger partial charge in [-0.05, 0) is 40.8 Å². The lowest BCUT2D eigenvalue weighted by atomic mass is 10.3. The van der Waals surface area contributed by atoms with E-state index in [9.17, 15) is 9.18 Å². The van der Waals surface area contributed by atoms with Crippen LogP contribution in [0.1, 0.15) is 13.3 Å². The highest BCUT2D eigenvalue weighted by Crippen LogP contribution is 2.19. The van der Waals surface area contributed by atoms with Crippen molar-refractivity contribution in [3.05, 3.63) is 27.6 Å². The van der Waals surface area contributed by atoms with E-state index in [2.05, 4.69) is 0 Å². The fourth-order valence-corrected chi connectivity index (χ4v) is 1.21. The van der Waals surface area contributed by atoms with Gasteiger partial charge in [-0.3, -0.25) is 4.79 Å². The van der Waals surface area contributed by atoms with Gasteiger partial charge in [0.1, 0.15) is 0 Å². The molecule has 2 nitrogen and oxygen atoms in total. The molecule has 0 saturated carbocycles. The van der Waals surface area contributed by atoms with E-state index in [1.807, 2.05) is 22.6 Å². The van der Waals surface area contributed by atoms with Crippen molar-refractivity contribution in [3.63, 3.8) is 0 Å². The van der Waals surface area contributed by atoms with E-state index < -0.39 is 11.8 Å². The van der Waals surface area contributed by atoms with E-state index in [-0.39, 0.29) is 12.2 Å². The summed E-state index contributed by atoms with van der Waals surface area (Å²) in [6, 6.07) is 4.45. The van der Waals surface area contributed by atoms with Crippen LogP contribution < -0.4 is 4.74 Å². The third kappa shape index (κ3) is 2.95. The number of ether oxygens (including phenoxy) is 1. The Morgan fingerprint density at radius 2 is 2.31 bits per heavy atom. The summed E-state index contributed by atoms with van der Waals surface area (Å²) in [5.74, 6) is -0.943. The van der Waals surface area contributed by atoms with Gasteiger partial charge in [-0.25, -0.2) is 4.39 Å². The standard InChI is InChI=1S/C9H8FIO2/c1-2-9(12)13-8-4-3-6(11)5-7(8)10/h3-5H,2H2,1H3. The molecule has 0 aliphatic rings. The molecule has 0 saturated heterocycles. The van der Waals surface area contributed by atoms with Gasteiger partial charge >= 0.3 is 5.97 Å². The van der Waals surface area contributed by atoms with Gasteiger partial charge in [-0.15, -0.1) is 0 Å². The van der Waals surface area contributed by atoms with E-state index in [0.29, 0.717) is 0 Å². The second kappa shape index (κ2) is 4.55. The van der Waals surface area contributed by atoms with Crippen LogP contribution in [0.4, 0.5) is 4.39 Å². The number of carbonyl (C=O) groups is 1. The Hall–Kier alpha value is -0.650. The minimum atomic E-state index is -0.506. The number of esters is 1. The summed E-state index contributed by atoms with van der Waals surface area (Å²) in [5, 5.41) is 0. The van der Waals surface area contributed by atoms with Crippen molar-refractivity contribution in [2.75, 3.05) is 0 Å². The minimum Gasteiger partial charge on any atom is -0.423 e. The average Bonchev–Trinajstić information content (AvgIpc) is 2.09. The predicted octanol–water partition coefficient (Wildman–Crippen LogP) is 2.75. The SMILES string of the molecule is CCC(=O)Oc1ccc(I)cc1F. The number of halogens is 2. The molecule has 1 rings (SSSR count). The summed E-state index contributed by atoms with van der Waals surface area (Å²) in [7, 11) is 0. The number of benzene rings is 1. The fourth-order valence-electron chi connectivity index (χ4n) is 0.753. The molecule has 4 heteroatoms. The molecule has 1 aromatic carbocycles. The Labute approximate surface area is 89.2 Å². The Bertz CT molecular complexity index is 325. The Kier molecular flexibility index (Phi) is 3.65. The van der Waals surface area contributed by atoms with Crippen LogP contribution in [0.2, 0.25) is 0 Å². The van der Waals surface area contributed by atoms with Crippen LogP contribution in [-0.2, 0) is 4.79 Å². The van der Waals surface area contributed by atoms with E-state index in [1.165, 1.54) is 12.1 Å². The van der Waals surface area contributed by atoms with Crippen LogP contribution in [0.25, 0.3) is 0 Å². The van der Waals surface area contributed by atoms with Crippen LogP contribution in [0, 0.1) is 9.39 Å². The van der Waals surface area contributed by atoms with Gasteiger partial charge in [0.2, 0.25) is 0 Å². The van der Waals surface area contributed by atoms with Crippen molar-refractivity contribution >= 4 is 28.6 Å². The van der Waals surface area contributed by atoms with Crippen molar-refractivity contribution in [2.45, 2.75) is 13.3 Å². The van der Waals surface area contributed by atoms with Gasteiger partial charge in [-0.1, -0.05) is 6.92 Å². The van der Waals surface area contributed by atoms with Gasteiger partial charge < -0.3 is 4.74 Å². The molecule has 0 heterocycles. The lowest BCUT2D eigenvalue weighted by Crippen LogP contribution is -2.06. The maximum absolute atomic E-state index is 13.1. The second-order valence-electron chi connectivity index (χ2n) is 2.40. The van der Waals surface area contributed by atoms with Crippen LogP contribution >= 0.6 is 22.6 Å². The molecule has 0 spiro atoms. The molecule has 70 valence electrons. The minimum absolute atomic E-state index is 0.00716. The first kappa shape index (κ1) is 10.4. The van der Waals surface area contributed by atoms with Gasteiger partial charge in [0.15, 0.2) is 11.6 Å². The molecule has 0 fully saturated rings. The molecule has 0 radical (unpaired) electrons. The Morgan fingerprint density at radius 3 is 2.85 bits per heavy atom. The molecule has 0 amide bonds. The maximum Gasteiger partial charge on any atom is 0.310 e. The monoisotopic (exact) mass is 294 g/mol. The van der Waals surface area contributed by atoms with E-state index in [0.717, 1.165) is 3.57 Å². The number of hydrogen-bond donors (Lipinski definition) is 0. The van der Waals surface area contributed by atoms with Gasteiger partial charge in [0.05, 0.1) is 0 Å². The molecule has 1 aromatic rings. The molecular weight excluding hydrogens is 286 g/mol. The highest BCUT2D eigenvalue weighted by Gasteiger charge is 2.07. The van der Waals surface area contributed by atoms with Gasteiger partial charge in [0, 0.05) is 9.99 Å². The third-order valence-electron chi connectivity index (χ3n) is 1.41. The molecule has 0 unspecified atom stereocenters. The molecule has 0 bridgehead atoms. The van der Waals surface area contributed by atoms with E-state index in [1.54, 1.807) is 13.0 Å². The molecular formula is C9H8FIO2. The van der Waals surface area contributed by atoms with Crippen LogP contribution in [0.3, 0.4) is 0 Å². The Morgan fingerprint density at radius 1 is 1.62 bits per heavy atom. The zero-order chi connectivity index (χ0) is 9.84. The van der Waals surface area contributed by atoms with Crippen molar-refractivity contribution in [1.82, 2.24) is 0 Å². The molecule has 0 N–H and O–H groups in total. The molecule has 0 aliphatic heterocycles. The topological polar surface area (TPSA) is 26.3 Å². The van der Waals surface area contributed by atoms with Crippen molar-refractivity contribution < 1.29 is 13.9 Å². The maximum atomic E-state index is 13.1.